The number of carbonyl (C=O) groups excluding carboxylic acids is 2. The number of halogens is 4. The Kier molecular flexibility index (Phi) is 8.85. The van der Waals surface area contributed by atoms with Gasteiger partial charge in [0.1, 0.15) is 5.82 Å². The van der Waals surface area contributed by atoms with Gasteiger partial charge >= 0.3 is 6.18 Å². The molecule has 2 saturated heterocycles. The zero-order valence-electron chi connectivity index (χ0n) is 26.3. The molecule has 0 radical (unpaired) electrons. The summed E-state index contributed by atoms with van der Waals surface area (Å²) in [5.41, 5.74) is 1.39. The maximum atomic E-state index is 15.3. The lowest BCUT2D eigenvalue weighted by molar-refractivity contribution is -0.138. The van der Waals surface area contributed by atoms with Crippen molar-refractivity contribution in [2.75, 3.05) is 30.8 Å². The van der Waals surface area contributed by atoms with Gasteiger partial charge in [0, 0.05) is 36.5 Å². The van der Waals surface area contributed by atoms with Crippen LogP contribution in [0.1, 0.15) is 70.8 Å². The molecule has 2 heterocycles. The SMILES string of the molecule is Cc1ccc(NC(=O)C2CC3CN(C)CC3N(C(=O)c3c(C)cccc3F)C2c2ccc(NC3CCCC3)cc2)cc1C(F)(F)F. The highest BCUT2D eigenvalue weighted by molar-refractivity contribution is 5.98. The normalized spacial score (nSPS) is 23.8. The summed E-state index contributed by atoms with van der Waals surface area (Å²) in [6.07, 6.45) is 0.416. The smallest absolute Gasteiger partial charge is 0.382 e. The highest BCUT2D eigenvalue weighted by Crippen LogP contribution is 2.46. The van der Waals surface area contributed by atoms with Crippen molar-refractivity contribution in [1.29, 1.82) is 0 Å². The number of nitrogens with one attached hydrogen (secondary N) is 2. The molecule has 3 aliphatic rings. The van der Waals surface area contributed by atoms with Crippen molar-refractivity contribution in [3.8, 4) is 0 Å². The van der Waals surface area contributed by atoms with E-state index in [9.17, 15) is 22.8 Å². The van der Waals surface area contributed by atoms with Crippen LogP contribution in [0.25, 0.3) is 0 Å². The summed E-state index contributed by atoms with van der Waals surface area (Å²) < 4.78 is 56.5. The number of aryl methyl sites for hydroxylation is 2. The van der Waals surface area contributed by atoms with Gasteiger partial charge in [0.2, 0.25) is 5.91 Å². The first-order valence-electron chi connectivity index (χ1n) is 16.0. The van der Waals surface area contributed by atoms with E-state index in [2.05, 4.69) is 15.5 Å². The summed E-state index contributed by atoms with van der Waals surface area (Å²) in [5.74, 6) is -2.49. The molecule has 3 fully saturated rings. The molecule has 3 aromatic carbocycles. The van der Waals surface area contributed by atoms with Crippen LogP contribution < -0.4 is 10.6 Å². The molecule has 1 saturated carbocycles. The first-order valence-corrected chi connectivity index (χ1v) is 16.0. The minimum atomic E-state index is -4.57. The van der Waals surface area contributed by atoms with Crippen LogP contribution in [0.5, 0.6) is 0 Å². The molecule has 4 atom stereocenters. The van der Waals surface area contributed by atoms with Gasteiger partial charge in [-0.1, -0.05) is 43.2 Å². The lowest BCUT2D eigenvalue weighted by atomic mass is 9.76. The van der Waals surface area contributed by atoms with Crippen LogP contribution in [0.15, 0.2) is 60.7 Å². The van der Waals surface area contributed by atoms with Crippen LogP contribution in [-0.2, 0) is 11.0 Å². The van der Waals surface area contributed by atoms with Gasteiger partial charge in [0.25, 0.3) is 5.91 Å². The number of hydrogen-bond acceptors (Lipinski definition) is 4. The van der Waals surface area contributed by atoms with Crippen molar-refractivity contribution in [3.63, 3.8) is 0 Å². The number of likely N-dealkylation sites (N-methyl/N-ethyl adjacent to an activating group) is 1. The maximum Gasteiger partial charge on any atom is 0.416 e. The van der Waals surface area contributed by atoms with E-state index in [-0.39, 0.29) is 28.8 Å². The summed E-state index contributed by atoms with van der Waals surface area (Å²) in [7, 11) is 1.95. The number of piperidine rings is 1. The molecular formula is C36H40F4N4O2. The molecule has 2 aliphatic heterocycles. The van der Waals surface area contributed by atoms with Gasteiger partial charge in [-0.2, -0.15) is 13.2 Å². The number of alkyl halides is 3. The maximum absolute atomic E-state index is 15.3. The lowest BCUT2D eigenvalue weighted by Gasteiger charge is -2.47. The van der Waals surface area contributed by atoms with Crippen molar-refractivity contribution < 1.29 is 27.2 Å². The van der Waals surface area contributed by atoms with Gasteiger partial charge < -0.3 is 20.4 Å². The van der Waals surface area contributed by atoms with Gasteiger partial charge in [-0.25, -0.2) is 4.39 Å². The number of fused-ring (bicyclic) bond motifs is 1. The summed E-state index contributed by atoms with van der Waals surface area (Å²) in [5, 5.41) is 6.32. The highest BCUT2D eigenvalue weighted by Gasteiger charge is 2.51. The first-order chi connectivity index (χ1) is 21.9. The van der Waals surface area contributed by atoms with Crippen LogP contribution in [0.3, 0.4) is 0 Å². The average molecular weight is 637 g/mol. The Balaban J connectivity index is 1.41. The molecule has 2 N–H and O–H groups in total. The van der Waals surface area contributed by atoms with Gasteiger partial charge in [-0.15, -0.1) is 0 Å². The van der Waals surface area contributed by atoms with Crippen molar-refractivity contribution in [2.45, 2.75) is 70.3 Å². The number of amides is 2. The van der Waals surface area contributed by atoms with E-state index in [1.54, 1.807) is 24.0 Å². The summed E-state index contributed by atoms with van der Waals surface area (Å²) in [4.78, 5) is 32.4. The minimum Gasteiger partial charge on any atom is -0.382 e. The molecule has 244 valence electrons. The third-order valence-electron chi connectivity index (χ3n) is 9.98. The van der Waals surface area contributed by atoms with Gasteiger partial charge in [-0.3, -0.25) is 9.59 Å². The zero-order chi connectivity index (χ0) is 32.7. The predicted octanol–water partition coefficient (Wildman–Crippen LogP) is 7.59. The molecule has 0 bridgehead atoms. The largest absolute Gasteiger partial charge is 0.416 e. The highest BCUT2D eigenvalue weighted by atomic mass is 19.4. The van der Waals surface area contributed by atoms with Crippen LogP contribution in [0.2, 0.25) is 0 Å². The summed E-state index contributed by atoms with van der Waals surface area (Å²) in [6, 6.07) is 15.3. The van der Waals surface area contributed by atoms with E-state index in [1.807, 2.05) is 31.3 Å². The Hall–Kier alpha value is -3.92. The average Bonchev–Trinajstić information content (AvgIpc) is 3.65. The second kappa shape index (κ2) is 12.7. The fourth-order valence-electron chi connectivity index (χ4n) is 7.74. The molecule has 3 aromatic rings. The third-order valence-corrected chi connectivity index (χ3v) is 9.98. The van der Waals surface area contributed by atoms with Crippen LogP contribution >= 0.6 is 0 Å². The molecule has 6 rings (SSSR count). The fourth-order valence-corrected chi connectivity index (χ4v) is 7.74. The van der Waals surface area contributed by atoms with Gasteiger partial charge in [-0.05, 0) is 93.1 Å². The topological polar surface area (TPSA) is 64.7 Å². The van der Waals surface area contributed by atoms with Crippen molar-refractivity contribution in [1.82, 2.24) is 9.80 Å². The number of anilines is 2. The van der Waals surface area contributed by atoms with E-state index in [4.69, 9.17) is 0 Å². The van der Waals surface area contributed by atoms with Crippen LogP contribution in [-0.4, -0.2) is 53.8 Å². The molecule has 0 spiro atoms. The molecule has 46 heavy (non-hydrogen) atoms. The van der Waals surface area contributed by atoms with Gasteiger partial charge in [0.15, 0.2) is 0 Å². The Bertz CT molecular complexity index is 1580. The summed E-state index contributed by atoms with van der Waals surface area (Å²) >= 11 is 0. The van der Waals surface area contributed by atoms with E-state index >= 15 is 4.39 Å². The third kappa shape index (κ3) is 6.36. The Morgan fingerprint density at radius 1 is 0.891 bits per heavy atom. The van der Waals surface area contributed by atoms with Crippen LogP contribution in [0.4, 0.5) is 28.9 Å². The molecule has 2 amide bonds. The molecule has 4 unspecified atom stereocenters. The number of benzene rings is 3. The van der Waals surface area contributed by atoms with Crippen molar-refractivity contribution in [2.24, 2.45) is 11.8 Å². The fraction of sp³-hybridized carbons (Fsp3) is 0.444. The molecule has 1 aliphatic carbocycles. The van der Waals surface area contributed by atoms with E-state index in [1.165, 1.54) is 38.0 Å². The standard InChI is InChI=1S/C36H40F4N4O2/c1-21-11-14-27(18-29(21)36(38,39)40)42-34(45)28-17-24-19-43(3)20-31(24)44(35(46)32-22(2)7-6-10-30(32)37)33(28)23-12-15-26(16-13-23)41-25-8-4-5-9-25/h6-7,10-16,18,24-25,28,31,33,41H,4-5,8-9,17,19-20H2,1-3H3,(H,42,45). The Morgan fingerprint density at radius 3 is 2.26 bits per heavy atom. The first kappa shape index (κ1) is 32.0. The zero-order valence-corrected chi connectivity index (χ0v) is 26.3. The van der Waals surface area contributed by atoms with Crippen LogP contribution in [0, 0.1) is 31.5 Å². The summed E-state index contributed by atoms with van der Waals surface area (Å²) in [6.45, 7) is 4.26. The monoisotopic (exact) mass is 636 g/mol. The minimum absolute atomic E-state index is 0.0327. The number of rotatable bonds is 6. The Morgan fingerprint density at radius 2 is 1.59 bits per heavy atom. The number of nitrogens with zero attached hydrogens (tertiary/aromatic N) is 2. The van der Waals surface area contributed by atoms with E-state index in [0.29, 0.717) is 36.7 Å². The molecule has 6 nitrogen and oxygen atoms in total. The molecule has 10 heteroatoms. The molecule has 0 aromatic heterocycles. The van der Waals surface area contributed by atoms with Crippen molar-refractivity contribution >= 4 is 23.2 Å². The predicted molar refractivity (Wildman–Crippen MR) is 170 cm³/mol. The number of hydrogen-bond donors (Lipinski definition) is 2. The lowest BCUT2D eigenvalue weighted by Crippen LogP contribution is -2.55. The van der Waals surface area contributed by atoms with Gasteiger partial charge in [0.05, 0.1) is 23.1 Å². The van der Waals surface area contributed by atoms with Crippen molar-refractivity contribution in [3.05, 3.63) is 94.3 Å². The number of carbonyl (C=O) groups is 2. The van der Waals surface area contributed by atoms with E-state index < -0.39 is 41.3 Å². The molecular weight excluding hydrogens is 596 g/mol. The Labute approximate surface area is 267 Å². The quantitative estimate of drug-likeness (QED) is 0.274. The second-order valence-corrected chi connectivity index (χ2v) is 13.2. The second-order valence-electron chi connectivity index (χ2n) is 13.2. The van der Waals surface area contributed by atoms with E-state index in [0.717, 1.165) is 24.6 Å². The number of likely N-dealkylation sites (tertiary alicyclic amines) is 2.